The summed E-state index contributed by atoms with van der Waals surface area (Å²) in [4.78, 5) is 27.6. The van der Waals surface area contributed by atoms with Gasteiger partial charge in [0.2, 0.25) is 0 Å². The molecule has 1 fully saturated rings. The maximum atomic E-state index is 13.1. The molecule has 1 aliphatic heterocycles. The largest absolute Gasteiger partial charge is 0.379 e. The van der Waals surface area contributed by atoms with Crippen molar-refractivity contribution >= 4 is 34.0 Å². The van der Waals surface area contributed by atoms with E-state index in [-0.39, 0.29) is 5.91 Å². The summed E-state index contributed by atoms with van der Waals surface area (Å²) in [6, 6.07) is 15.6. The van der Waals surface area contributed by atoms with Crippen LogP contribution in [0.15, 0.2) is 60.1 Å². The lowest BCUT2D eigenvalue weighted by molar-refractivity contribution is 0.0384. The number of anilines is 1. The lowest BCUT2D eigenvalue weighted by atomic mass is 10.1. The van der Waals surface area contributed by atoms with Crippen LogP contribution in [0.25, 0.3) is 22.6 Å². The van der Waals surface area contributed by atoms with Gasteiger partial charge in [-0.15, -0.1) is 11.3 Å². The van der Waals surface area contributed by atoms with Crippen molar-refractivity contribution in [3.63, 3.8) is 0 Å². The number of hydrogen-bond acceptors (Lipinski definition) is 6. The van der Waals surface area contributed by atoms with Crippen LogP contribution < -0.4 is 5.32 Å². The standard InChI is InChI=1S/C25H24ClN5O2S/c26-20-7-5-18(6-8-20)21-22(24(32)30-25-27-10-16-34-25)29-23(28-21)19-3-1-17(2-4-19)9-11-31-12-14-33-15-13-31/h1-8,10,16H,9,11-15H2,(H,28,29)(H,27,30,32). The highest BCUT2D eigenvalue weighted by Gasteiger charge is 2.20. The number of aromatic amines is 1. The summed E-state index contributed by atoms with van der Waals surface area (Å²) in [5, 5.41) is 5.81. The second-order valence-electron chi connectivity index (χ2n) is 8.01. The molecule has 0 bridgehead atoms. The quantitative estimate of drug-likeness (QED) is 0.379. The summed E-state index contributed by atoms with van der Waals surface area (Å²) in [5.41, 5.74) is 3.93. The molecule has 0 unspecified atom stereocenters. The molecule has 0 aliphatic carbocycles. The van der Waals surface area contributed by atoms with Crippen molar-refractivity contribution in [3.8, 4) is 22.6 Å². The molecule has 0 saturated carbocycles. The average Bonchev–Trinajstić information content (AvgIpc) is 3.55. The third-order valence-electron chi connectivity index (χ3n) is 5.75. The Morgan fingerprint density at radius 1 is 1.09 bits per heavy atom. The van der Waals surface area contributed by atoms with Crippen LogP contribution in [0, 0.1) is 0 Å². The summed E-state index contributed by atoms with van der Waals surface area (Å²) in [5.74, 6) is 0.342. The molecule has 0 spiro atoms. The monoisotopic (exact) mass is 493 g/mol. The van der Waals surface area contributed by atoms with Crippen molar-refractivity contribution in [2.45, 2.75) is 6.42 Å². The van der Waals surface area contributed by atoms with Gasteiger partial charge in [0.05, 0.1) is 13.2 Å². The van der Waals surface area contributed by atoms with E-state index < -0.39 is 0 Å². The van der Waals surface area contributed by atoms with Crippen molar-refractivity contribution in [2.24, 2.45) is 0 Å². The van der Waals surface area contributed by atoms with Crippen molar-refractivity contribution in [3.05, 3.63) is 76.4 Å². The first-order valence-corrected chi connectivity index (χ1v) is 12.4. The fourth-order valence-corrected chi connectivity index (χ4v) is 4.53. The molecule has 1 aliphatic rings. The Balaban J connectivity index is 1.38. The van der Waals surface area contributed by atoms with E-state index >= 15 is 0 Å². The molecule has 4 aromatic rings. The number of benzene rings is 2. The summed E-state index contributed by atoms with van der Waals surface area (Å²) in [6.45, 7) is 4.62. The van der Waals surface area contributed by atoms with E-state index in [1.54, 1.807) is 18.3 Å². The van der Waals surface area contributed by atoms with Crippen molar-refractivity contribution in [1.29, 1.82) is 0 Å². The lowest BCUT2D eigenvalue weighted by Gasteiger charge is -2.26. The van der Waals surface area contributed by atoms with Gasteiger partial charge in [0, 0.05) is 47.4 Å². The first-order valence-electron chi connectivity index (χ1n) is 11.1. The normalized spacial score (nSPS) is 14.3. The highest BCUT2D eigenvalue weighted by molar-refractivity contribution is 7.13. The average molecular weight is 494 g/mol. The van der Waals surface area contributed by atoms with E-state index in [1.807, 2.05) is 29.6 Å². The fraction of sp³-hybridized carbons (Fsp3) is 0.240. The van der Waals surface area contributed by atoms with E-state index in [0.717, 1.165) is 50.4 Å². The number of thiazole rings is 1. The van der Waals surface area contributed by atoms with Gasteiger partial charge in [-0.25, -0.2) is 9.97 Å². The number of morpholine rings is 1. The number of carbonyl (C=O) groups is 1. The predicted molar refractivity (Wildman–Crippen MR) is 135 cm³/mol. The number of H-pyrrole nitrogens is 1. The lowest BCUT2D eigenvalue weighted by Crippen LogP contribution is -2.37. The number of ether oxygens (including phenoxy) is 1. The highest BCUT2D eigenvalue weighted by atomic mass is 35.5. The topological polar surface area (TPSA) is 83.1 Å². The highest BCUT2D eigenvalue weighted by Crippen LogP contribution is 2.28. The Kier molecular flexibility index (Phi) is 7.01. The van der Waals surface area contributed by atoms with E-state index in [9.17, 15) is 4.79 Å². The molecular weight excluding hydrogens is 470 g/mol. The third-order valence-corrected chi connectivity index (χ3v) is 6.69. The molecule has 174 valence electrons. The number of aromatic nitrogens is 3. The van der Waals surface area contributed by atoms with E-state index in [4.69, 9.17) is 21.3 Å². The van der Waals surface area contributed by atoms with Gasteiger partial charge in [-0.2, -0.15) is 0 Å². The molecule has 7 nitrogen and oxygen atoms in total. The van der Waals surface area contributed by atoms with E-state index in [2.05, 4.69) is 32.3 Å². The van der Waals surface area contributed by atoms with Gasteiger partial charge < -0.3 is 9.72 Å². The first kappa shape index (κ1) is 22.7. The van der Waals surface area contributed by atoms with Gasteiger partial charge >= 0.3 is 0 Å². The zero-order valence-electron chi connectivity index (χ0n) is 18.5. The summed E-state index contributed by atoms with van der Waals surface area (Å²) in [7, 11) is 0. The number of carbonyl (C=O) groups excluding carboxylic acids is 1. The maximum Gasteiger partial charge on any atom is 0.276 e. The molecule has 2 aromatic heterocycles. The molecule has 1 saturated heterocycles. The third kappa shape index (κ3) is 5.37. The Labute approximate surface area is 206 Å². The molecular formula is C25H24ClN5O2S. The summed E-state index contributed by atoms with van der Waals surface area (Å²) in [6.07, 6.45) is 2.63. The predicted octanol–water partition coefficient (Wildman–Crippen LogP) is 4.98. The number of amides is 1. The van der Waals surface area contributed by atoms with Gasteiger partial charge in [-0.05, 0) is 24.1 Å². The number of halogens is 1. The molecule has 3 heterocycles. The molecule has 9 heteroatoms. The number of rotatable bonds is 7. The Hall–Kier alpha value is -3.04. The van der Waals surface area contributed by atoms with Gasteiger partial charge in [0.1, 0.15) is 17.2 Å². The second kappa shape index (κ2) is 10.5. The molecule has 2 aromatic carbocycles. The van der Waals surface area contributed by atoms with Crippen LogP contribution in [-0.2, 0) is 11.2 Å². The molecule has 1 amide bonds. The number of nitrogens with zero attached hydrogens (tertiary/aromatic N) is 3. The van der Waals surface area contributed by atoms with Gasteiger partial charge in [-0.1, -0.05) is 48.0 Å². The summed E-state index contributed by atoms with van der Waals surface area (Å²) >= 11 is 7.43. The van der Waals surface area contributed by atoms with Gasteiger partial charge in [-0.3, -0.25) is 15.0 Å². The molecule has 2 N–H and O–H groups in total. The van der Waals surface area contributed by atoms with Crippen LogP contribution in [0.1, 0.15) is 16.1 Å². The Bertz CT molecular complexity index is 1230. The molecule has 5 rings (SSSR count). The van der Waals surface area contributed by atoms with Crippen LogP contribution in [-0.4, -0.2) is 58.6 Å². The number of nitrogens with one attached hydrogen (secondary N) is 2. The van der Waals surface area contributed by atoms with Crippen molar-refractivity contribution in [2.75, 3.05) is 38.2 Å². The van der Waals surface area contributed by atoms with Crippen molar-refractivity contribution < 1.29 is 9.53 Å². The minimum Gasteiger partial charge on any atom is -0.379 e. The number of hydrogen-bond donors (Lipinski definition) is 2. The zero-order valence-corrected chi connectivity index (χ0v) is 20.0. The Morgan fingerprint density at radius 3 is 2.53 bits per heavy atom. The molecule has 0 radical (unpaired) electrons. The van der Waals surface area contributed by atoms with Crippen molar-refractivity contribution in [1.82, 2.24) is 19.9 Å². The molecule has 0 atom stereocenters. The maximum absolute atomic E-state index is 13.1. The SMILES string of the molecule is O=C(Nc1nccs1)c1[nH]c(-c2ccc(CCN3CCOCC3)cc2)nc1-c1ccc(Cl)cc1. The molecule has 34 heavy (non-hydrogen) atoms. The minimum atomic E-state index is -0.291. The first-order chi connectivity index (χ1) is 16.7. The van der Waals surface area contributed by atoms with Gasteiger partial charge in [0.15, 0.2) is 5.13 Å². The fourth-order valence-electron chi connectivity index (χ4n) is 3.88. The van der Waals surface area contributed by atoms with Crippen LogP contribution in [0.4, 0.5) is 5.13 Å². The smallest absolute Gasteiger partial charge is 0.276 e. The van der Waals surface area contributed by atoms with Crippen LogP contribution >= 0.6 is 22.9 Å². The van der Waals surface area contributed by atoms with E-state index in [1.165, 1.54) is 16.9 Å². The summed E-state index contributed by atoms with van der Waals surface area (Å²) < 4.78 is 5.42. The zero-order chi connectivity index (χ0) is 23.3. The second-order valence-corrected chi connectivity index (χ2v) is 9.34. The minimum absolute atomic E-state index is 0.291. The van der Waals surface area contributed by atoms with Crippen LogP contribution in [0.5, 0.6) is 0 Å². The van der Waals surface area contributed by atoms with E-state index in [0.29, 0.717) is 27.4 Å². The van der Waals surface area contributed by atoms with Crippen LogP contribution in [0.3, 0.4) is 0 Å². The Morgan fingerprint density at radius 2 is 1.82 bits per heavy atom. The van der Waals surface area contributed by atoms with Gasteiger partial charge in [0.25, 0.3) is 5.91 Å². The van der Waals surface area contributed by atoms with Crippen LogP contribution in [0.2, 0.25) is 5.02 Å². The number of imidazole rings is 1.